The fourth-order valence-corrected chi connectivity index (χ4v) is 3.80. The Balaban J connectivity index is 1.55. The molecule has 0 unspecified atom stereocenters. The van der Waals surface area contributed by atoms with Gasteiger partial charge >= 0.3 is 5.97 Å². The standard InChI is InChI=1S/C21H27N3O2/c1-2-26-21(25)20-18-15-23(14-17-8-9-17)12-11-19(18)24(22-20)13-10-16-6-4-3-5-7-16/h3-7,17H,2,8-15H2,1H3. The number of hydrogen-bond donors (Lipinski definition) is 0. The summed E-state index contributed by atoms with van der Waals surface area (Å²) in [5.41, 5.74) is 4.12. The summed E-state index contributed by atoms with van der Waals surface area (Å²) < 4.78 is 7.31. The number of rotatable bonds is 7. The zero-order chi connectivity index (χ0) is 17.9. The van der Waals surface area contributed by atoms with E-state index in [0.717, 1.165) is 50.5 Å². The van der Waals surface area contributed by atoms with Crippen molar-refractivity contribution >= 4 is 5.97 Å². The van der Waals surface area contributed by atoms with Crippen LogP contribution in [0.1, 0.15) is 47.1 Å². The van der Waals surface area contributed by atoms with E-state index in [4.69, 9.17) is 4.74 Å². The molecule has 1 aromatic heterocycles. The highest BCUT2D eigenvalue weighted by molar-refractivity contribution is 5.89. The van der Waals surface area contributed by atoms with Gasteiger partial charge in [-0.1, -0.05) is 30.3 Å². The molecule has 2 heterocycles. The minimum Gasteiger partial charge on any atom is -0.461 e. The minimum absolute atomic E-state index is 0.282. The lowest BCUT2D eigenvalue weighted by atomic mass is 10.0. The molecule has 1 fully saturated rings. The van der Waals surface area contributed by atoms with Crippen molar-refractivity contribution in [1.29, 1.82) is 0 Å². The molecular formula is C21H27N3O2. The van der Waals surface area contributed by atoms with E-state index in [1.165, 1.54) is 24.1 Å². The third-order valence-electron chi connectivity index (χ3n) is 5.35. The van der Waals surface area contributed by atoms with Crippen LogP contribution < -0.4 is 0 Å². The molecule has 0 radical (unpaired) electrons. The number of fused-ring (bicyclic) bond motifs is 1. The summed E-state index contributed by atoms with van der Waals surface area (Å²) in [5, 5.41) is 4.67. The second-order valence-corrected chi connectivity index (χ2v) is 7.38. The number of aromatic nitrogens is 2. The van der Waals surface area contributed by atoms with Crippen LogP contribution in [-0.4, -0.2) is 40.3 Å². The molecule has 1 aliphatic carbocycles. The Kier molecular flexibility index (Phi) is 5.07. The highest BCUT2D eigenvalue weighted by Gasteiger charge is 2.31. The lowest BCUT2D eigenvalue weighted by Crippen LogP contribution is -2.33. The fraction of sp³-hybridized carbons (Fsp3) is 0.524. The van der Waals surface area contributed by atoms with Crippen molar-refractivity contribution in [3.05, 3.63) is 52.8 Å². The number of benzene rings is 1. The SMILES string of the molecule is CCOC(=O)c1nn(CCc2ccccc2)c2c1CN(CC1CC1)CC2. The minimum atomic E-state index is -0.282. The summed E-state index contributed by atoms with van der Waals surface area (Å²) in [7, 11) is 0. The highest BCUT2D eigenvalue weighted by Crippen LogP contribution is 2.32. The van der Waals surface area contributed by atoms with Crippen molar-refractivity contribution in [2.75, 3.05) is 19.7 Å². The Bertz CT molecular complexity index is 765. The maximum absolute atomic E-state index is 12.4. The van der Waals surface area contributed by atoms with E-state index in [1.807, 2.05) is 17.7 Å². The van der Waals surface area contributed by atoms with Crippen molar-refractivity contribution < 1.29 is 9.53 Å². The number of carbonyl (C=O) groups excluding carboxylic acids is 1. The number of ether oxygens (including phenoxy) is 1. The van der Waals surface area contributed by atoms with E-state index >= 15 is 0 Å². The topological polar surface area (TPSA) is 47.4 Å². The second-order valence-electron chi connectivity index (χ2n) is 7.38. The molecule has 5 heteroatoms. The van der Waals surface area contributed by atoms with Gasteiger partial charge in [0.25, 0.3) is 0 Å². The first kappa shape index (κ1) is 17.3. The van der Waals surface area contributed by atoms with Gasteiger partial charge in [0.2, 0.25) is 0 Å². The molecular weight excluding hydrogens is 326 g/mol. The van der Waals surface area contributed by atoms with Gasteiger partial charge in [-0.2, -0.15) is 5.10 Å². The van der Waals surface area contributed by atoms with Crippen LogP contribution in [0.15, 0.2) is 30.3 Å². The molecule has 0 N–H and O–H groups in total. The van der Waals surface area contributed by atoms with Gasteiger partial charge in [-0.15, -0.1) is 0 Å². The summed E-state index contributed by atoms with van der Waals surface area (Å²) in [5.74, 6) is 0.575. The summed E-state index contributed by atoms with van der Waals surface area (Å²) in [4.78, 5) is 14.9. The Hall–Kier alpha value is -2.14. The molecule has 1 aliphatic heterocycles. The van der Waals surface area contributed by atoms with Crippen molar-refractivity contribution in [2.24, 2.45) is 5.92 Å². The van der Waals surface area contributed by atoms with Gasteiger partial charge in [0.05, 0.1) is 6.61 Å². The predicted octanol–water partition coefficient (Wildman–Crippen LogP) is 3.07. The lowest BCUT2D eigenvalue weighted by Gasteiger charge is -2.27. The van der Waals surface area contributed by atoms with Crippen LogP contribution in [0.5, 0.6) is 0 Å². The van der Waals surface area contributed by atoms with E-state index < -0.39 is 0 Å². The maximum atomic E-state index is 12.4. The van der Waals surface area contributed by atoms with Gasteiger partial charge in [-0.05, 0) is 37.7 Å². The maximum Gasteiger partial charge on any atom is 0.359 e. The number of aryl methyl sites for hydroxylation is 2. The fourth-order valence-electron chi connectivity index (χ4n) is 3.80. The van der Waals surface area contributed by atoms with Crippen LogP contribution in [0.25, 0.3) is 0 Å². The third-order valence-corrected chi connectivity index (χ3v) is 5.35. The molecule has 4 rings (SSSR count). The molecule has 2 aromatic rings. The van der Waals surface area contributed by atoms with Gasteiger partial charge < -0.3 is 4.74 Å². The summed E-state index contributed by atoms with van der Waals surface area (Å²) in [6.45, 7) is 6.06. The first-order chi connectivity index (χ1) is 12.7. The van der Waals surface area contributed by atoms with Crippen molar-refractivity contribution in [3.63, 3.8) is 0 Å². The molecule has 1 saturated carbocycles. The smallest absolute Gasteiger partial charge is 0.359 e. The zero-order valence-electron chi connectivity index (χ0n) is 15.5. The monoisotopic (exact) mass is 353 g/mol. The average Bonchev–Trinajstić information content (AvgIpc) is 3.40. The van der Waals surface area contributed by atoms with E-state index in [2.05, 4.69) is 34.3 Å². The molecule has 0 saturated heterocycles. The molecule has 138 valence electrons. The number of hydrogen-bond acceptors (Lipinski definition) is 4. The molecule has 0 amide bonds. The Morgan fingerprint density at radius 2 is 2.08 bits per heavy atom. The number of esters is 1. The van der Waals surface area contributed by atoms with Crippen LogP contribution >= 0.6 is 0 Å². The number of nitrogens with zero attached hydrogens (tertiary/aromatic N) is 3. The van der Waals surface area contributed by atoms with Gasteiger partial charge in [0.15, 0.2) is 5.69 Å². The van der Waals surface area contributed by atoms with Crippen LogP contribution in [-0.2, 0) is 30.7 Å². The normalized spacial score (nSPS) is 17.1. The third kappa shape index (κ3) is 3.83. The number of carbonyl (C=O) groups is 1. The first-order valence-electron chi connectivity index (χ1n) is 9.76. The van der Waals surface area contributed by atoms with Crippen LogP contribution in [0.3, 0.4) is 0 Å². The Morgan fingerprint density at radius 1 is 1.27 bits per heavy atom. The van der Waals surface area contributed by atoms with Crippen LogP contribution in [0, 0.1) is 5.92 Å². The molecule has 0 spiro atoms. The second kappa shape index (κ2) is 7.62. The van der Waals surface area contributed by atoms with Crippen molar-refractivity contribution in [1.82, 2.24) is 14.7 Å². The molecule has 2 aliphatic rings. The van der Waals surface area contributed by atoms with E-state index in [0.29, 0.717) is 12.3 Å². The molecule has 26 heavy (non-hydrogen) atoms. The lowest BCUT2D eigenvalue weighted by molar-refractivity contribution is 0.0515. The quantitative estimate of drug-likeness (QED) is 0.718. The van der Waals surface area contributed by atoms with Crippen LogP contribution in [0.4, 0.5) is 0 Å². The molecule has 1 aromatic carbocycles. The van der Waals surface area contributed by atoms with Gasteiger partial charge in [-0.3, -0.25) is 9.58 Å². The van der Waals surface area contributed by atoms with E-state index in [9.17, 15) is 4.79 Å². The summed E-state index contributed by atoms with van der Waals surface area (Å²) in [6.07, 6.45) is 4.58. The van der Waals surface area contributed by atoms with E-state index in [-0.39, 0.29) is 5.97 Å². The largest absolute Gasteiger partial charge is 0.461 e. The van der Waals surface area contributed by atoms with Crippen molar-refractivity contribution in [3.8, 4) is 0 Å². The van der Waals surface area contributed by atoms with Gasteiger partial charge in [0, 0.05) is 43.9 Å². The first-order valence-corrected chi connectivity index (χ1v) is 9.76. The summed E-state index contributed by atoms with van der Waals surface area (Å²) in [6, 6.07) is 10.4. The zero-order valence-corrected chi connectivity index (χ0v) is 15.5. The van der Waals surface area contributed by atoms with Crippen LogP contribution in [0.2, 0.25) is 0 Å². The Morgan fingerprint density at radius 3 is 2.81 bits per heavy atom. The van der Waals surface area contributed by atoms with Crippen molar-refractivity contribution in [2.45, 2.75) is 45.7 Å². The highest BCUT2D eigenvalue weighted by atomic mass is 16.5. The van der Waals surface area contributed by atoms with Gasteiger partial charge in [0.1, 0.15) is 0 Å². The molecule has 0 bridgehead atoms. The van der Waals surface area contributed by atoms with E-state index in [1.54, 1.807) is 0 Å². The van der Waals surface area contributed by atoms with Gasteiger partial charge in [-0.25, -0.2) is 4.79 Å². The molecule has 5 nitrogen and oxygen atoms in total. The average molecular weight is 353 g/mol. The summed E-state index contributed by atoms with van der Waals surface area (Å²) >= 11 is 0. The Labute approximate surface area is 154 Å². The predicted molar refractivity (Wildman–Crippen MR) is 100 cm³/mol. The molecule has 0 atom stereocenters.